The lowest BCUT2D eigenvalue weighted by molar-refractivity contribution is -0.136. The lowest BCUT2D eigenvalue weighted by Crippen LogP contribution is -2.56. The average Bonchev–Trinajstić information content (AvgIpc) is 2.60. The number of hydrogen-bond donors (Lipinski definition) is 3. The molecule has 0 radical (unpaired) electrons. The van der Waals surface area contributed by atoms with Crippen molar-refractivity contribution in [2.75, 3.05) is 13.1 Å². The largest absolute Gasteiger partial charge is 0.388 e. The lowest BCUT2D eigenvalue weighted by atomic mass is 9.70. The maximum absolute atomic E-state index is 13.0. The molecule has 1 aromatic rings. The van der Waals surface area contributed by atoms with Gasteiger partial charge in [0.25, 0.3) is 0 Å². The summed E-state index contributed by atoms with van der Waals surface area (Å²) >= 11 is 6.03. The van der Waals surface area contributed by atoms with E-state index in [2.05, 4.69) is 36.6 Å². The van der Waals surface area contributed by atoms with Crippen LogP contribution in [-0.2, 0) is 4.79 Å². The van der Waals surface area contributed by atoms with Crippen LogP contribution in [0.2, 0.25) is 5.02 Å². The molecule has 0 aliphatic carbocycles. The molecule has 1 aromatic carbocycles. The number of urea groups is 1. The summed E-state index contributed by atoms with van der Waals surface area (Å²) in [5, 5.41) is 16.3. The molecule has 174 valence electrons. The Morgan fingerprint density at radius 2 is 1.81 bits per heavy atom. The van der Waals surface area contributed by atoms with E-state index in [4.69, 9.17) is 11.6 Å². The highest BCUT2D eigenvalue weighted by Gasteiger charge is 2.39. The Hall–Kier alpha value is -1.79. The van der Waals surface area contributed by atoms with Gasteiger partial charge < -0.3 is 20.6 Å². The zero-order valence-corrected chi connectivity index (χ0v) is 20.6. The Balaban J connectivity index is 1.96. The molecule has 1 fully saturated rings. The fourth-order valence-corrected chi connectivity index (χ4v) is 4.26. The third-order valence-electron chi connectivity index (χ3n) is 6.31. The second kappa shape index (κ2) is 9.37. The number of halogens is 1. The van der Waals surface area contributed by atoms with Gasteiger partial charge in [0.05, 0.1) is 11.6 Å². The molecule has 1 unspecified atom stereocenters. The van der Waals surface area contributed by atoms with Crippen LogP contribution in [-0.4, -0.2) is 52.2 Å². The van der Waals surface area contributed by atoms with Crippen molar-refractivity contribution < 1.29 is 14.7 Å². The highest BCUT2D eigenvalue weighted by Crippen LogP contribution is 2.42. The topological polar surface area (TPSA) is 81.7 Å². The zero-order chi connectivity index (χ0) is 23.6. The second-order valence-corrected chi connectivity index (χ2v) is 11.2. The zero-order valence-electron chi connectivity index (χ0n) is 19.9. The number of rotatable bonds is 6. The number of aliphatic hydroxyl groups is 1. The fraction of sp³-hybridized carbons (Fsp3) is 0.667. The molecule has 0 spiro atoms. The van der Waals surface area contributed by atoms with Gasteiger partial charge in [0.2, 0.25) is 5.91 Å². The average molecular weight is 452 g/mol. The number of nitrogens with zero attached hydrogens (tertiary/aromatic N) is 1. The molecule has 6 nitrogen and oxygen atoms in total. The van der Waals surface area contributed by atoms with Crippen LogP contribution in [0.1, 0.15) is 72.8 Å². The van der Waals surface area contributed by atoms with E-state index in [-0.39, 0.29) is 17.7 Å². The van der Waals surface area contributed by atoms with Crippen LogP contribution in [0.3, 0.4) is 0 Å². The van der Waals surface area contributed by atoms with Crippen molar-refractivity contribution in [2.45, 2.75) is 84.4 Å². The van der Waals surface area contributed by atoms with E-state index in [1.54, 1.807) is 20.8 Å². The van der Waals surface area contributed by atoms with Gasteiger partial charge in [-0.05, 0) is 70.1 Å². The summed E-state index contributed by atoms with van der Waals surface area (Å²) in [6, 6.07) is 7.17. The van der Waals surface area contributed by atoms with E-state index < -0.39 is 23.2 Å². The van der Waals surface area contributed by atoms with Gasteiger partial charge >= 0.3 is 6.03 Å². The number of benzene rings is 1. The minimum Gasteiger partial charge on any atom is -0.388 e. The van der Waals surface area contributed by atoms with E-state index >= 15 is 0 Å². The van der Waals surface area contributed by atoms with Crippen LogP contribution in [0, 0.1) is 5.41 Å². The first kappa shape index (κ1) is 25.5. The van der Waals surface area contributed by atoms with E-state index in [1.807, 2.05) is 30.9 Å². The molecular formula is C24H38ClN3O3. The molecule has 0 aromatic heterocycles. The second-order valence-electron chi connectivity index (χ2n) is 10.7. The maximum atomic E-state index is 13.0. The van der Waals surface area contributed by atoms with E-state index in [0.717, 1.165) is 11.4 Å². The summed E-state index contributed by atoms with van der Waals surface area (Å²) in [7, 11) is 0. The van der Waals surface area contributed by atoms with Gasteiger partial charge in [-0.1, -0.05) is 37.6 Å². The van der Waals surface area contributed by atoms with Crippen molar-refractivity contribution in [3.63, 3.8) is 0 Å². The van der Waals surface area contributed by atoms with E-state index in [1.165, 1.54) is 5.56 Å². The van der Waals surface area contributed by atoms with Crippen molar-refractivity contribution in [2.24, 2.45) is 5.41 Å². The Morgan fingerprint density at radius 3 is 2.32 bits per heavy atom. The third kappa shape index (κ3) is 7.11. The van der Waals surface area contributed by atoms with Gasteiger partial charge in [-0.2, -0.15) is 0 Å². The van der Waals surface area contributed by atoms with Crippen molar-refractivity contribution >= 4 is 23.5 Å². The first-order valence-corrected chi connectivity index (χ1v) is 11.3. The minimum absolute atomic E-state index is 0.0310. The number of likely N-dealkylation sites (tertiary alicyclic amines) is 1. The number of nitrogens with one attached hydrogen (secondary N) is 2. The Kier molecular flexibility index (Phi) is 7.70. The first-order chi connectivity index (χ1) is 14.1. The van der Waals surface area contributed by atoms with Gasteiger partial charge in [-0.15, -0.1) is 0 Å². The number of carbonyl (C=O) groups is 2. The number of amides is 3. The molecule has 0 bridgehead atoms. The van der Waals surface area contributed by atoms with E-state index in [0.29, 0.717) is 19.0 Å². The number of carbonyl (C=O) groups excluding carboxylic acids is 2. The maximum Gasteiger partial charge on any atom is 0.315 e. The fourth-order valence-electron chi connectivity index (χ4n) is 4.13. The molecule has 1 aliphatic rings. The Morgan fingerprint density at radius 1 is 1.23 bits per heavy atom. The van der Waals surface area contributed by atoms with Crippen LogP contribution >= 0.6 is 11.6 Å². The smallest absolute Gasteiger partial charge is 0.315 e. The Bertz CT molecular complexity index is 784. The molecule has 1 saturated heterocycles. The molecule has 3 amide bonds. The van der Waals surface area contributed by atoms with Gasteiger partial charge in [0.15, 0.2) is 0 Å². The van der Waals surface area contributed by atoms with Gasteiger partial charge in [-0.3, -0.25) is 4.79 Å². The summed E-state index contributed by atoms with van der Waals surface area (Å²) in [6.07, 6.45) is 1.09. The van der Waals surface area contributed by atoms with Crippen molar-refractivity contribution in [1.82, 2.24) is 15.5 Å². The normalized spacial score (nSPS) is 20.2. The van der Waals surface area contributed by atoms with Crippen molar-refractivity contribution in [3.8, 4) is 0 Å². The van der Waals surface area contributed by atoms with Gasteiger partial charge in [0, 0.05) is 30.1 Å². The van der Waals surface area contributed by atoms with Crippen LogP contribution in [0.15, 0.2) is 24.3 Å². The molecule has 0 saturated carbocycles. The molecule has 2 rings (SSSR count). The predicted octanol–water partition coefficient (Wildman–Crippen LogP) is 4.31. The highest BCUT2D eigenvalue weighted by molar-refractivity contribution is 6.30. The van der Waals surface area contributed by atoms with Gasteiger partial charge in [-0.25, -0.2) is 4.79 Å². The molecule has 7 heteroatoms. The van der Waals surface area contributed by atoms with Gasteiger partial charge in [0.1, 0.15) is 0 Å². The van der Waals surface area contributed by atoms with Crippen molar-refractivity contribution in [3.05, 3.63) is 34.9 Å². The molecule has 31 heavy (non-hydrogen) atoms. The summed E-state index contributed by atoms with van der Waals surface area (Å²) in [6.45, 7) is 14.4. The first-order valence-electron chi connectivity index (χ1n) is 10.9. The lowest BCUT2D eigenvalue weighted by Gasteiger charge is -2.45. The minimum atomic E-state index is -1.03. The predicted molar refractivity (Wildman–Crippen MR) is 125 cm³/mol. The SMILES string of the molecule is C[C@H](NC(=O)NC(C)(C)CC(=O)N1CCC(c2ccc(Cl)cc2)C(C)(C)C1)C(C)(C)O. The monoisotopic (exact) mass is 451 g/mol. The Labute approximate surface area is 191 Å². The molecular weight excluding hydrogens is 414 g/mol. The molecule has 2 atom stereocenters. The van der Waals surface area contributed by atoms with Crippen LogP contribution in [0.25, 0.3) is 0 Å². The quantitative estimate of drug-likeness (QED) is 0.602. The summed E-state index contributed by atoms with van der Waals surface area (Å²) in [4.78, 5) is 27.3. The van der Waals surface area contributed by atoms with E-state index in [9.17, 15) is 14.7 Å². The van der Waals surface area contributed by atoms with Crippen LogP contribution in [0.5, 0.6) is 0 Å². The standard InChI is InChI=1S/C24H38ClN3O3/c1-16(24(6,7)31)26-21(30)27-23(4,5)14-20(29)28-13-12-19(22(2,3)15-28)17-8-10-18(25)11-9-17/h8-11,16,19,31H,12-15H2,1-7H3,(H2,26,27,30)/t16-,19?/m0/s1. The molecule has 1 heterocycles. The summed E-state index contributed by atoms with van der Waals surface area (Å²) in [5.41, 5.74) is -0.561. The number of hydrogen-bond acceptors (Lipinski definition) is 3. The third-order valence-corrected chi connectivity index (χ3v) is 6.56. The summed E-state index contributed by atoms with van der Waals surface area (Å²) < 4.78 is 0. The molecule has 3 N–H and O–H groups in total. The van der Waals surface area contributed by atoms with Crippen LogP contribution in [0.4, 0.5) is 4.79 Å². The number of piperidine rings is 1. The molecule has 1 aliphatic heterocycles. The van der Waals surface area contributed by atoms with Crippen molar-refractivity contribution in [1.29, 1.82) is 0 Å². The highest BCUT2D eigenvalue weighted by atomic mass is 35.5. The summed E-state index contributed by atoms with van der Waals surface area (Å²) in [5.74, 6) is 0.387. The van der Waals surface area contributed by atoms with Crippen LogP contribution < -0.4 is 10.6 Å².